The zero-order valence-corrected chi connectivity index (χ0v) is 14.9. The summed E-state index contributed by atoms with van der Waals surface area (Å²) < 4.78 is 4.96. The second-order valence-electron chi connectivity index (χ2n) is 5.92. The normalized spacial score (nSPS) is 19.7. The van der Waals surface area contributed by atoms with E-state index in [4.69, 9.17) is 4.74 Å². The van der Waals surface area contributed by atoms with Crippen molar-refractivity contribution in [2.75, 3.05) is 11.9 Å². The van der Waals surface area contributed by atoms with Gasteiger partial charge in [-0.2, -0.15) is 5.26 Å². The second kappa shape index (κ2) is 8.12. The number of nitriles is 1. The molecule has 1 aromatic heterocycles. The Morgan fingerprint density at radius 3 is 2.52 bits per heavy atom. The maximum absolute atomic E-state index is 12.6. The molecule has 134 valence electrons. The van der Waals surface area contributed by atoms with Gasteiger partial charge in [-0.3, -0.25) is 9.59 Å². The van der Waals surface area contributed by atoms with Gasteiger partial charge in [-0.25, -0.2) is 4.79 Å². The minimum atomic E-state index is -0.977. The van der Waals surface area contributed by atoms with Gasteiger partial charge in [0.25, 0.3) is 0 Å². The predicted molar refractivity (Wildman–Crippen MR) is 91.4 cm³/mol. The molecule has 2 N–H and O–H groups in total. The van der Waals surface area contributed by atoms with Crippen LogP contribution in [-0.2, 0) is 14.3 Å². The van der Waals surface area contributed by atoms with Crippen molar-refractivity contribution in [3.8, 4) is 6.07 Å². The van der Waals surface area contributed by atoms with Gasteiger partial charge >= 0.3 is 11.9 Å². The first-order valence-electron chi connectivity index (χ1n) is 8.14. The third kappa shape index (κ3) is 3.99. The number of hydrogen-bond acceptors (Lipinski definition) is 6. The van der Waals surface area contributed by atoms with Crippen LogP contribution in [0.2, 0.25) is 0 Å². The van der Waals surface area contributed by atoms with Gasteiger partial charge in [-0.1, -0.05) is 12.8 Å². The molecule has 7 nitrogen and oxygen atoms in total. The van der Waals surface area contributed by atoms with E-state index in [1.807, 2.05) is 6.07 Å². The first-order valence-corrected chi connectivity index (χ1v) is 8.96. The minimum absolute atomic E-state index is 0.210. The van der Waals surface area contributed by atoms with E-state index in [1.165, 1.54) is 0 Å². The van der Waals surface area contributed by atoms with Gasteiger partial charge in [0.2, 0.25) is 5.91 Å². The van der Waals surface area contributed by atoms with Crippen LogP contribution in [0.3, 0.4) is 0 Å². The molecular weight excluding hydrogens is 344 g/mol. The number of anilines is 1. The van der Waals surface area contributed by atoms with Gasteiger partial charge in [-0.15, -0.1) is 11.3 Å². The number of carbonyl (C=O) groups excluding carboxylic acids is 2. The lowest BCUT2D eigenvalue weighted by molar-refractivity contribution is -0.147. The van der Waals surface area contributed by atoms with Crippen molar-refractivity contribution in [1.29, 1.82) is 5.26 Å². The maximum Gasteiger partial charge on any atom is 0.348 e. The van der Waals surface area contributed by atoms with Gasteiger partial charge in [0.15, 0.2) is 0 Å². The summed E-state index contributed by atoms with van der Waals surface area (Å²) in [7, 11) is 0. The highest BCUT2D eigenvalue weighted by atomic mass is 32.1. The fourth-order valence-electron chi connectivity index (χ4n) is 3.07. The van der Waals surface area contributed by atoms with Crippen LogP contribution in [-0.4, -0.2) is 29.6 Å². The fraction of sp³-hybridized carbons (Fsp3) is 0.529. The van der Waals surface area contributed by atoms with E-state index in [1.54, 1.807) is 13.8 Å². The molecule has 0 saturated heterocycles. The van der Waals surface area contributed by atoms with E-state index in [0.29, 0.717) is 18.4 Å². The number of ether oxygens (including phenoxy) is 1. The molecule has 2 unspecified atom stereocenters. The molecule has 8 heteroatoms. The van der Waals surface area contributed by atoms with Gasteiger partial charge < -0.3 is 15.2 Å². The second-order valence-corrected chi connectivity index (χ2v) is 6.94. The van der Waals surface area contributed by atoms with Crippen LogP contribution in [0.4, 0.5) is 5.00 Å². The monoisotopic (exact) mass is 364 g/mol. The molecule has 1 aromatic rings. The molecule has 0 bridgehead atoms. The van der Waals surface area contributed by atoms with E-state index in [9.17, 15) is 24.8 Å². The van der Waals surface area contributed by atoms with E-state index in [-0.39, 0.29) is 22.0 Å². The van der Waals surface area contributed by atoms with Crippen molar-refractivity contribution >= 4 is 34.2 Å². The summed E-state index contributed by atoms with van der Waals surface area (Å²) >= 11 is 0.984. The summed E-state index contributed by atoms with van der Waals surface area (Å²) in [5.41, 5.74) is 0.670. The van der Waals surface area contributed by atoms with Crippen molar-refractivity contribution in [3.05, 3.63) is 16.0 Å². The van der Waals surface area contributed by atoms with Crippen molar-refractivity contribution in [2.24, 2.45) is 11.8 Å². The number of carboxylic acid groups (broad SMARTS) is 1. The molecule has 1 saturated carbocycles. The summed E-state index contributed by atoms with van der Waals surface area (Å²) in [6.07, 6.45) is 2.55. The Hall–Kier alpha value is -2.40. The van der Waals surface area contributed by atoms with Crippen molar-refractivity contribution in [1.82, 2.24) is 0 Å². The summed E-state index contributed by atoms with van der Waals surface area (Å²) in [6, 6.07) is 2.00. The Kier molecular flexibility index (Phi) is 6.15. The van der Waals surface area contributed by atoms with Gasteiger partial charge in [0.1, 0.15) is 15.9 Å². The summed E-state index contributed by atoms with van der Waals surface area (Å²) in [5.74, 6) is -3.28. The predicted octanol–water partition coefficient (Wildman–Crippen LogP) is 2.93. The third-order valence-electron chi connectivity index (χ3n) is 4.38. The number of hydrogen-bond donors (Lipinski definition) is 2. The lowest BCUT2D eigenvalue weighted by Crippen LogP contribution is -2.36. The Bertz CT molecular complexity index is 734. The van der Waals surface area contributed by atoms with E-state index in [2.05, 4.69) is 5.32 Å². The smallest absolute Gasteiger partial charge is 0.348 e. The van der Waals surface area contributed by atoms with Gasteiger partial charge in [0, 0.05) is 0 Å². The van der Waals surface area contributed by atoms with Crippen LogP contribution in [0.25, 0.3) is 0 Å². The SMILES string of the molecule is CCOC(=O)c1sc(NC(=O)C2CCCCC2C(=O)O)c(C#N)c1C. The molecule has 0 aliphatic heterocycles. The molecule has 0 spiro atoms. The molecule has 0 radical (unpaired) electrons. The summed E-state index contributed by atoms with van der Waals surface area (Å²) in [6.45, 7) is 3.52. The van der Waals surface area contributed by atoms with Crippen LogP contribution in [0.15, 0.2) is 0 Å². The van der Waals surface area contributed by atoms with E-state index in [0.717, 1.165) is 24.2 Å². The standard InChI is InChI=1S/C17H20N2O5S/c1-3-24-17(23)13-9(2)12(8-18)15(25-13)19-14(20)10-6-4-5-7-11(10)16(21)22/h10-11H,3-7H2,1-2H3,(H,19,20)(H,21,22). The number of rotatable bonds is 5. The number of aliphatic carboxylic acids is 1. The Morgan fingerprint density at radius 1 is 1.32 bits per heavy atom. The number of nitrogens with one attached hydrogen (secondary N) is 1. The number of nitrogens with zero attached hydrogens (tertiary/aromatic N) is 1. The van der Waals surface area contributed by atoms with Crippen molar-refractivity contribution in [2.45, 2.75) is 39.5 Å². The van der Waals surface area contributed by atoms with Crippen LogP contribution < -0.4 is 5.32 Å². The zero-order chi connectivity index (χ0) is 18.6. The Morgan fingerprint density at radius 2 is 1.96 bits per heavy atom. The average molecular weight is 364 g/mol. The van der Waals surface area contributed by atoms with Crippen LogP contribution >= 0.6 is 11.3 Å². The summed E-state index contributed by atoms with van der Waals surface area (Å²) in [4.78, 5) is 36.2. The maximum atomic E-state index is 12.6. The molecule has 25 heavy (non-hydrogen) atoms. The number of amides is 1. The molecule has 1 fully saturated rings. The van der Waals surface area contributed by atoms with E-state index < -0.39 is 29.7 Å². The highest BCUT2D eigenvalue weighted by Gasteiger charge is 2.36. The first kappa shape index (κ1) is 18.9. The quantitative estimate of drug-likeness (QED) is 0.776. The number of carbonyl (C=O) groups is 3. The lowest BCUT2D eigenvalue weighted by atomic mass is 9.79. The largest absolute Gasteiger partial charge is 0.481 e. The van der Waals surface area contributed by atoms with Crippen molar-refractivity contribution < 1.29 is 24.2 Å². The number of carboxylic acids is 1. The highest BCUT2D eigenvalue weighted by molar-refractivity contribution is 7.18. The molecule has 1 heterocycles. The molecule has 0 aromatic carbocycles. The Labute approximate surface area is 149 Å². The number of thiophene rings is 1. The molecule has 1 amide bonds. The van der Waals surface area contributed by atoms with Crippen molar-refractivity contribution in [3.63, 3.8) is 0 Å². The zero-order valence-electron chi connectivity index (χ0n) is 14.1. The van der Waals surface area contributed by atoms with Crippen LogP contribution in [0, 0.1) is 30.1 Å². The molecule has 2 rings (SSSR count). The van der Waals surface area contributed by atoms with Crippen LogP contribution in [0.1, 0.15) is 53.4 Å². The lowest BCUT2D eigenvalue weighted by Gasteiger charge is -2.27. The highest BCUT2D eigenvalue weighted by Crippen LogP contribution is 2.36. The fourth-order valence-corrected chi connectivity index (χ4v) is 4.13. The molecule has 2 atom stereocenters. The molecule has 1 aliphatic carbocycles. The molecular formula is C17H20N2O5S. The summed E-state index contributed by atoms with van der Waals surface area (Å²) in [5, 5.41) is 21.6. The molecule has 1 aliphatic rings. The first-order chi connectivity index (χ1) is 11.9. The average Bonchev–Trinajstić information content (AvgIpc) is 2.90. The van der Waals surface area contributed by atoms with Gasteiger partial charge in [-0.05, 0) is 32.3 Å². The third-order valence-corrected chi connectivity index (χ3v) is 5.56. The number of esters is 1. The Balaban J connectivity index is 2.25. The van der Waals surface area contributed by atoms with Gasteiger partial charge in [0.05, 0.1) is 24.0 Å². The topological polar surface area (TPSA) is 116 Å². The van der Waals surface area contributed by atoms with E-state index >= 15 is 0 Å². The van der Waals surface area contributed by atoms with Crippen LogP contribution in [0.5, 0.6) is 0 Å². The minimum Gasteiger partial charge on any atom is -0.481 e.